The Labute approximate surface area is 103 Å². The molecule has 2 amide bonds. The summed E-state index contributed by atoms with van der Waals surface area (Å²) in [4.78, 5) is 11.3. The van der Waals surface area contributed by atoms with Crippen LogP contribution in [0.15, 0.2) is 12.1 Å². The second kappa shape index (κ2) is 3.43. The van der Waals surface area contributed by atoms with Crippen molar-refractivity contribution >= 4 is 17.6 Å². The lowest BCUT2D eigenvalue weighted by molar-refractivity contribution is 0.201. The van der Waals surface area contributed by atoms with Gasteiger partial charge < -0.3 is 20.5 Å². The van der Waals surface area contributed by atoms with E-state index >= 15 is 0 Å². The zero-order valence-corrected chi connectivity index (χ0v) is 9.67. The molecule has 2 heterocycles. The fraction of sp³-hybridized carbons (Fsp3) is 0.364. The van der Waals surface area contributed by atoms with E-state index in [1.807, 2.05) is 0 Å². The Morgan fingerprint density at radius 3 is 3.00 bits per heavy atom. The van der Waals surface area contributed by atoms with E-state index in [-0.39, 0.29) is 16.8 Å². The van der Waals surface area contributed by atoms with Crippen molar-refractivity contribution in [1.82, 2.24) is 10.6 Å². The molecule has 0 aromatic heterocycles. The zero-order chi connectivity index (χ0) is 12.0. The highest BCUT2D eigenvalue weighted by Gasteiger charge is 2.45. The van der Waals surface area contributed by atoms with E-state index in [0.717, 1.165) is 0 Å². The summed E-state index contributed by atoms with van der Waals surface area (Å²) >= 11 is 5.90. The normalized spacial score (nSPS) is 26.1. The lowest BCUT2D eigenvalue weighted by atomic mass is 9.84. The van der Waals surface area contributed by atoms with Crippen molar-refractivity contribution in [1.29, 1.82) is 0 Å². The molecule has 17 heavy (non-hydrogen) atoms. The number of fused-ring (bicyclic) bond motifs is 2. The third kappa shape index (κ3) is 1.42. The Morgan fingerprint density at radius 1 is 1.47 bits per heavy atom. The Bertz CT molecular complexity index is 506. The first-order chi connectivity index (χ1) is 8.12. The number of carbonyl (C=O) groups is 1. The predicted octanol–water partition coefficient (Wildman–Crippen LogP) is 1.34. The van der Waals surface area contributed by atoms with E-state index in [9.17, 15) is 9.90 Å². The molecule has 1 fully saturated rings. The maximum atomic E-state index is 11.3. The van der Waals surface area contributed by atoms with Crippen molar-refractivity contribution in [2.75, 3.05) is 13.2 Å². The monoisotopic (exact) mass is 254 g/mol. The lowest BCUT2D eigenvalue weighted by Crippen LogP contribution is -2.44. The summed E-state index contributed by atoms with van der Waals surface area (Å²) in [5.41, 5.74) is -0.0470. The van der Waals surface area contributed by atoms with Crippen LogP contribution in [0.2, 0.25) is 5.02 Å². The number of benzene rings is 1. The van der Waals surface area contributed by atoms with Gasteiger partial charge in [0.1, 0.15) is 11.5 Å². The van der Waals surface area contributed by atoms with Gasteiger partial charge in [0.05, 0.1) is 22.7 Å². The minimum atomic E-state index is -0.611. The molecule has 0 saturated carbocycles. The van der Waals surface area contributed by atoms with E-state index < -0.39 is 5.54 Å². The van der Waals surface area contributed by atoms with Crippen LogP contribution in [0.5, 0.6) is 11.5 Å². The van der Waals surface area contributed by atoms with Crippen molar-refractivity contribution in [2.45, 2.75) is 12.0 Å². The Hall–Kier alpha value is -1.62. The number of halogens is 1. The molecule has 0 bridgehead atoms. The maximum Gasteiger partial charge on any atom is 0.315 e. The molecular weight excluding hydrogens is 244 g/mol. The highest BCUT2D eigenvalue weighted by Crippen LogP contribution is 2.46. The number of hydrogen-bond acceptors (Lipinski definition) is 3. The number of aromatic hydroxyl groups is 1. The quantitative estimate of drug-likeness (QED) is 0.654. The summed E-state index contributed by atoms with van der Waals surface area (Å²) in [5, 5.41) is 15.9. The second-order valence-corrected chi connectivity index (χ2v) is 4.66. The van der Waals surface area contributed by atoms with E-state index in [0.29, 0.717) is 30.9 Å². The molecule has 1 aromatic carbocycles. The van der Waals surface area contributed by atoms with E-state index in [1.165, 1.54) is 0 Å². The minimum absolute atomic E-state index is 0.0205. The fourth-order valence-corrected chi connectivity index (χ4v) is 2.59. The summed E-state index contributed by atoms with van der Waals surface area (Å²) in [6.45, 7) is 0.923. The summed E-state index contributed by atoms with van der Waals surface area (Å²) in [6.07, 6.45) is 0.604. The lowest BCUT2D eigenvalue weighted by Gasteiger charge is -2.35. The first-order valence-corrected chi connectivity index (χ1v) is 5.71. The molecule has 1 aromatic rings. The average molecular weight is 255 g/mol. The average Bonchev–Trinajstić information content (AvgIpc) is 2.66. The van der Waals surface area contributed by atoms with Gasteiger partial charge in [-0.05, 0) is 12.1 Å². The van der Waals surface area contributed by atoms with Crippen LogP contribution in [-0.2, 0) is 5.54 Å². The van der Waals surface area contributed by atoms with E-state index in [4.69, 9.17) is 16.3 Å². The molecule has 1 unspecified atom stereocenters. The van der Waals surface area contributed by atoms with Crippen LogP contribution in [0, 0.1) is 0 Å². The minimum Gasteiger partial charge on any atom is -0.506 e. The SMILES string of the molecule is O=C1NCC2(CCOc3ccc(Cl)c(O)c32)N1. The molecule has 2 aliphatic heterocycles. The van der Waals surface area contributed by atoms with Crippen LogP contribution in [0.1, 0.15) is 12.0 Å². The highest BCUT2D eigenvalue weighted by atomic mass is 35.5. The number of phenols is 1. The van der Waals surface area contributed by atoms with Gasteiger partial charge in [-0.25, -0.2) is 4.79 Å². The van der Waals surface area contributed by atoms with Gasteiger partial charge in [0.15, 0.2) is 0 Å². The molecule has 90 valence electrons. The van der Waals surface area contributed by atoms with Gasteiger partial charge >= 0.3 is 6.03 Å². The number of urea groups is 1. The molecule has 1 atom stereocenters. The maximum absolute atomic E-state index is 11.3. The molecular formula is C11H11ClN2O3. The van der Waals surface area contributed by atoms with Crippen LogP contribution in [0.4, 0.5) is 4.79 Å². The molecule has 0 aliphatic carbocycles. The summed E-state index contributed by atoms with van der Waals surface area (Å²) in [7, 11) is 0. The second-order valence-electron chi connectivity index (χ2n) is 4.26. The highest BCUT2D eigenvalue weighted by molar-refractivity contribution is 6.32. The zero-order valence-electron chi connectivity index (χ0n) is 8.92. The summed E-state index contributed by atoms with van der Waals surface area (Å²) in [5.74, 6) is 0.551. The molecule has 3 N–H and O–H groups in total. The van der Waals surface area contributed by atoms with Gasteiger partial charge in [0, 0.05) is 13.0 Å². The van der Waals surface area contributed by atoms with Gasteiger partial charge in [0.25, 0.3) is 0 Å². The largest absolute Gasteiger partial charge is 0.506 e. The van der Waals surface area contributed by atoms with Gasteiger partial charge in [-0.2, -0.15) is 0 Å². The van der Waals surface area contributed by atoms with Crippen molar-refractivity contribution in [3.8, 4) is 11.5 Å². The van der Waals surface area contributed by atoms with Crippen LogP contribution in [0.25, 0.3) is 0 Å². The summed E-state index contributed by atoms with van der Waals surface area (Å²) < 4.78 is 5.48. The third-order valence-electron chi connectivity index (χ3n) is 3.26. The van der Waals surface area contributed by atoms with Crippen LogP contribution < -0.4 is 15.4 Å². The number of ether oxygens (including phenoxy) is 1. The molecule has 3 rings (SSSR count). The van der Waals surface area contributed by atoms with Crippen molar-refractivity contribution in [3.05, 3.63) is 22.7 Å². The van der Waals surface area contributed by atoms with Crippen molar-refractivity contribution in [3.63, 3.8) is 0 Å². The molecule has 0 radical (unpaired) electrons. The molecule has 5 nitrogen and oxygen atoms in total. The Balaban J connectivity index is 2.19. The van der Waals surface area contributed by atoms with Gasteiger partial charge in [-0.15, -0.1) is 0 Å². The number of phenolic OH excluding ortho intramolecular Hbond substituents is 1. The van der Waals surface area contributed by atoms with Crippen LogP contribution >= 0.6 is 11.6 Å². The van der Waals surface area contributed by atoms with Gasteiger partial charge in [-0.3, -0.25) is 0 Å². The topological polar surface area (TPSA) is 70.6 Å². The number of amides is 2. The number of rotatable bonds is 0. The smallest absolute Gasteiger partial charge is 0.315 e. The van der Waals surface area contributed by atoms with Gasteiger partial charge in [-0.1, -0.05) is 11.6 Å². The number of carbonyl (C=O) groups excluding carboxylic acids is 1. The first-order valence-electron chi connectivity index (χ1n) is 5.33. The molecule has 1 spiro atoms. The standard InChI is InChI=1S/C11H11ClN2O3/c12-6-1-2-7-8(9(6)15)11(3-4-17-7)5-13-10(16)14-11/h1-2,15H,3-5H2,(H2,13,14,16). The molecule has 2 aliphatic rings. The van der Waals surface area contributed by atoms with Crippen molar-refractivity contribution in [2.24, 2.45) is 0 Å². The molecule has 1 saturated heterocycles. The first kappa shape index (κ1) is 10.5. The fourth-order valence-electron chi connectivity index (χ4n) is 2.43. The van der Waals surface area contributed by atoms with E-state index in [1.54, 1.807) is 12.1 Å². The Kier molecular flexibility index (Phi) is 2.13. The third-order valence-corrected chi connectivity index (χ3v) is 3.56. The predicted molar refractivity (Wildman–Crippen MR) is 61.4 cm³/mol. The Morgan fingerprint density at radius 2 is 2.29 bits per heavy atom. The molecule has 6 heteroatoms. The van der Waals surface area contributed by atoms with E-state index in [2.05, 4.69) is 10.6 Å². The summed E-state index contributed by atoms with van der Waals surface area (Å²) in [6, 6.07) is 3.05. The van der Waals surface area contributed by atoms with Crippen LogP contribution in [-0.4, -0.2) is 24.3 Å². The number of hydrogen-bond donors (Lipinski definition) is 3. The number of nitrogens with one attached hydrogen (secondary N) is 2. The van der Waals surface area contributed by atoms with Crippen molar-refractivity contribution < 1.29 is 14.6 Å². The van der Waals surface area contributed by atoms with Gasteiger partial charge in [0.2, 0.25) is 0 Å². The van der Waals surface area contributed by atoms with Crippen LogP contribution in [0.3, 0.4) is 0 Å².